The molecule has 1 aromatic carbocycles. The summed E-state index contributed by atoms with van der Waals surface area (Å²) in [5.41, 5.74) is 6.60. The molecule has 0 radical (unpaired) electrons. The van der Waals surface area contributed by atoms with E-state index >= 15 is 0 Å². The van der Waals surface area contributed by atoms with Crippen molar-refractivity contribution in [2.45, 2.75) is 10.1 Å². The number of benzene rings is 1. The monoisotopic (exact) mass is 221 g/mol. The first-order chi connectivity index (χ1) is 7.38. The maximum absolute atomic E-state index is 5.39. The fraction of sp³-hybridized carbons (Fsp3) is 0.333. The van der Waals surface area contributed by atoms with Crippen LogP contribution < -0.4 is 5.73 Å². The van der Waals surface area contributed by atoms with Crippen molar-refractivity contribution in [1.82, 2.24) is 0 Å². The van der Waals surface area contributed by atoms with Gasteiger partial charge in [0.1, 0.15) is 0 Å². The topological polar surface area (TPSA) is 35.2 Å². The summed E-state index contributed by atoms with van der Waals surface area (Å²) in [4.78, 5) is 1.31. The summed E-state index contributed by atoms with van der Waals surface area (Å²) < 4.78 is 5.14. The molecule has 0 aliphatic carbocycles. The first kappa shape index (κ1) is 10.7. The van der Waals surface area contributed by atoms with E-state index in [1.807, 2.05) is 23.9 Å². The summed E-state index contributed by atoms with van der Waals surface area (Å²) in [6.07, 6.45) is 4.00. The summed E-state index contributed by atoms with van der Waals surface area (Å²) >= 11 is 1.89. The van der Waals surface area contributed by atoms with Crippen LogP contribution in [0.2, 0.25) is 0 Å². The molecule has 2 rings (SSSR count). The summed E-state index contributed by atoms with van der Waals surface area (Å²) in [5.74, 6) is 0. The van der Waals surface area contributed by atoms with Crippen LogP contribution in [0.15, 0.2) is 35.2 Å². The van der Waals surface area contributed by atoms with Crippen molar-refractivity contribution in [2.75, 3.05) is 19.8 Å². The SMILES string of the molecule is NC/C=C/c1ccc(SC2COC2)cc1. The quantitative estimate of drug-likeness (QED) is 0.846. The average molecular weight is 221 g/mol. The molecule has 1 saturated heterocycles. The predicted octanol–water partition coefficient (Wildman–Crippen LogP) is 2.15. The van der Waals surface area contributed by atoms with Gasteiger partial charge in [-0.1, -0.05) is 24.3 Å². The number of thioether (sulfide) groups is 1. The van der Waals surface area contributed by atoms with Gasteiger partial charge in [-0.25, -0.2) is 0 Å². The molecular weight excluding hydrogens is 206 g/mol. The molecule has 0 saturated carbocycles. The zero-order chi connectivity index (χ0) is 10.5. The fourth-order valence-corrected chi connectivity index (χ4v) is 2.34. The van der Waals surface area contributed by atoms with E-state index < -0.39 is 0 Å². The third-order valence-electron chi connectivity index (χ3n) is 2.24. The second kappa shape index (κ2) is 5.35. The molecule has 0 spiro atoms. The Morgan fingerprint density at radius 2 is 2.07 bits per heavy atom. The van der Waals surface area contributed by atoms with Gasteiger partial charge in [0.25, 0.3) is 0 Å². The van der Waals surface area contributed by atoms with Crippen LogP contribution >= 0.6 is 11.8 Å². The Hall–Kier alpha value is -0.770. The number of ether oxygens (including phenoxy) is 1. The Kier molecular flexibility index (Phi) is 3.83. The highest BCUT2D eigenvalue weighted by Gasteiger charge is 2.18. The highest BCUT2D eigenvalue weighted by Crippen LogP contribution is 2.28. The van der Waals surface area contributed by atoms with Crippen LogP contribution in [0.25, 0.3) is 6.08 Å². The van der Waals surface area contributed by atoms with Gasteiger partial charge >= 0.3 is 0 Å². The summed E-state index contributed by atoms with van der Waals surface area (Å²) in [6, 6.07) is 8.54. The zero-order valence-electron chi connectivity index (χ0n) is 8.56. The lowest BCUT2D eigenvalue weighted by Crippen LogP contribution is -2.29. The molecule has 0 bridgehead atoms. The van der Waals surface area contributed by atoms with E-state index in [0.717, 1.165) is 13.2 Å². The molecule has 2 nitrogen and oxygen atoms in total. The second-order valence-electron chi connectivity index (χ2n) is 3.48. The van der Waals surface area contributed by atoms with Gasteiger partial charge in [-0.05, 0) is 17.7 Å². The molecule has 1 heterocycles. The first-order valence-electron chi connectivity index (χ1n) is 5.09. The molecule has 0 atom stereocenters. The highest BCUT2D eigenvalue weighted by molar-refractivity contribution is 8.00. The normalized spacial score (nSPS) is 16.9. The summed E-state index contributed by atoms with van der Waals surface area (Å²) in [7, 11) is 0. The zero-order valence-corrected chi connectivity index (χ0v) is 9.37. The van der Waals surface area contributed by atoms with E-state index in [4.69, 9.17) is 10.5 Å². The van der Waals surface area contributed by atoms with Crippen molar-refractivity contribution in [3.8, 4) is 0 Å². The van der Waals surface area contributed by atoms with Crippen LogP contribution in [0.4, 0.5) is 0 Å². The maximum Gasteiger partial charge on any atom is 0.0611 e. The molecule has 15 heavy (non-hydrogen) atoms. The summed E-state index contributed by atoms with van der Waals surface area (Å²) in [6.45, 7) is 2.37. The Balaban J connectivity index is 1.93. The third kappa shape index (κ3) is 3.09. The molecule has 3 heteroatoms. The fourth-order valence-electron chi connectivity index (χ4n) is 1.34. The van der Waals surface area contributed by atoms with Crippen molar-refractivity contribution < 1.29 is 4.74 Å². The van der Waals surface area contributed by atoms with Crippen LogP contribution in [0.5, 0.6) is 0 Å². The van der Waals surface area contributed by atoms with Crippen LogP contribution in [0.1, 0.15) is 5.56 Å². The molecule has 2 N–H and O–H groups in total. The summed E-state index contributed by atoms with van der Waals surface area (Å²) in [5, 5.41) is 0.649. The average Bonchev–Trinajstić information content (AvgIpc) is 2.22. The van der Waals surface area contributed by atoms with E-state index in [1.54, 1.807) is 0 Å². The van der Waals surface area contributed by atoms with Gasteiger partial charge in [-0.3, -0.25) is 0 Å². The van der Waals surface area contributed by atoms with Crippen molar-refractivity contribution >= 4 is 17.8 Å². The minimum absolute atomic E-state index is 0.593. The molecule has 1 fully saturated rings. The number of hydrogen-bond acceptors (Lipinski definition) is 3. The Labute approximate surface area is 94.5 Å². The predicted molar refractivity (Wildman–Crippen MR) is 65.0 cm³/mol. The van der Waals surface area contributed by atoms with Crippen molar-refractivity contribution in [3.05, 3.63) is 35.9 Å². The second-order valence-corrected chi connectivity index (χ2v) is 4.86. The van der Waals surface area contributed by atoms with E-state index in [-0.39, 0.29) is 0 Å². The minimum atomic E-state index is 0.593. The van der Waals surface area contributed by atoms with E-state index in [1.165, 1.54) is 10.5 Å². The molecule has 1 aromatic rings. The van der Waals surface area contributed by atoms with Crippen LogP contribution in [0, 0.1) is 0 Å². The maximum atomic E-state index is 5.39. The van der Waals surface area contributed by atoms with Crippen LogP contribution in [-0.2, 0) is 4.74 Å². The first-order valence-corrected chi connectivity index (χ1v) is 5.97. The smallest absolute Gasteiger partial charge is 0.0611 e. The number of hydrogen-bond donors (Lipinski definition) is 1. The van der Waals surface area contributed by atoms with E-state index in [2.05, 4.69) is 24.3 Å². The van der Waals surface area contributed by atoms with Gasteiger partial charge in [0.2, 0.25) is 0 Å². The minimum Gasteiger partial charge on any atom is -0.379 e. The van der Waals surface area contributed by atoms with Gasteiger partial charge in [-0.2, -0.15) is 0 Å². The molecule has 0 amide bonds. The number of rotatable bonds is 4. The molecule has 1 aliphatic heterocycles. The van der Waals surface area contributed by atoms with E-state index in [0.29, 0.717) is 11.8 Å². The Morgan fingerprint density at radius 3 is 2.60 bits per heavy atom. The van der Waals surface area contributed by atoms with Crippen LogP contribution in [-0.4, -0.2) is 25.0 Å². The lowest BCUT2D eigenvalue weighted by atomic mass is 10.2. The van der Waals surface area contributed by atoms with Gasteiger partial charge in [0.15, 0.2) is 0 Å². The lowest BCUT2D eigenvalue weighted by Gasteiger charge is -2.25. The molecule has 1 aliphatic rings. The van der Waals surface area contributed by atoms with Gasteiger partial charge in [-0.15, -0.1) is 11.8 Å². The standard InChI is InChI=1S/C12H15NOS/c13-7-1-2-10-3-5-11(6-4-10)15-12-8-14-9-12/h1-6,12H,7-9,13H2/b2-1+. The Bertz CT molecular complexity index is 330. The molecule has 80 valence electrons. The molecule has 0 unspecified atom stereocenters. The van der Waals surface area contributed by atoms with Gasteiger partial charge in [0.05, 0.1) is 18.5 Å². The van der Waals surface area contributed by atoms with Crippen molar-refractivity contribution in [3.63, 3.8) is 0 Å². The van der Waals surface area contributed by atoms with Gasteiger partial charge < -0.3 is 10.5 Å². The van der Waals surface area contributed by atoms with E-state index in [9.17, 15) is 0 Å². The van der Waals surface area contributed by atoms with Crippen molar-refractivity contribution in [1.29, 1.82) is 0 Å². The van der Waals surface area contributed by atoms with Gasteiger partial charge in [0, 0.05) is 11.4 Å². The Morgan fingerprint density at radius 1 is 1.33 bits per heavy atom. The lowest BCUT2D eigenvalue weighted by molar-refractivity contribution is 0.0455. The largest absolute Gasteiger partial charge is 0.379 e. The van der Waals surface area contributed by atoms with Crippen molar-refractivity contribution in [2.24, 2.45) is 5.73 Å². The molecular formula is C12H15NOS. The molecule has 0 aromatic heterocycles. The highest BCUT2D eigenvalue weighted by atomic mass is 32.2. The van der Waals surface area contributed by atoms with Crippen LogP contribution in [0.3, 0.4) is 0 Å². The number of nitrogens with two attached hydrogens (primary N) is 1. The third-order valence-corrected chi connectivity index (χ3v) is 3.39.